The first-order valence-corrected chi connectivity index (χ1v) is 8.05. The van der Waals surface area contributed by atoms with E-state index in [1.54, 1.807) is 0 Å². The highest BCUT2D eigenvalue weighted by Crippen LogP contribution is 2.34. The third-order valence-electron chi connectivity index (χ3n) is 3.54. The Balaban J connectivity index is 1.87. The number of aromatic nitrogens is 2. The highest BCUT2D eigenvalue weighted by molar-refractivity contribution is 6.30. The topological polar surface area (TPSA) is 56.5 Å². The van der Waals surface area contributed by atoms with Gasteiger partial charge in [-0.25, -0.2) is 13.9 Å². The molecule has 0 aliphatic rings. The minimum atomic E-state index is -4.88. The molecule has 0 spiro atoms. The molecular formula is C18H10ClF4N3O2. The maximum absolute atomic E-state index is 13.5. The molecule has 1 heterocycles. The number of benzene rings is 2. The summed E-state index contributed by atoms with van der Waals surface area (Å²) in [6.07, 6.45) is -3.08. The number of nitrogens with zero attached hydrogens (tertiary/aromatic N) is 3. The van der Waals surface area contributed by atoms with E-state index in [1.807, 2.05) is 0 Å². The average Bonchev–Trinajstić information content (AvgIpc) is 3.09. The number of oxime groups is 1. The zero-order chi connectivity index (χ0) is 20.3. The Morgan fingerprint density at radius 2 is 1.75 bits per heavy atom. The minimum absolute atomic E-state index is 0.0607. The fourth-order valence-corrected chi connectivity index (χ4v) is 2.41. The zero-order valence-corrected chi connectivity index (χ0v) is 14.6. The van der Waals surface area contributed by atoms with Crippen LogP contribution in [-0.4, -0.2) is 22.0 Å². The van der Waals surface area contributed by atoms with Crippen LogP contribution in [-0.2, 0) is 11.0 Å². The van der Waals surface area contributed by atoms with Crippen molar-refractivity contribution in [1.82, 2.24) is 9.78 Å². The van der Waals surface area contributed by atoms with Gasteiger partial charge in [0.1, 0.15) is 11.4 Å². The van der Waals surface area contributed by atoms with Crippen LogP contribution < -0.4 is 0 Å². The van der Waals surface area contributed by atoms with Crippen molar-refractivity contribution in [2.75, 3.05) is 0 Å². The van der Waals surface area contributed by atoms with Gasteiger partial charge in [0, 0.05) is 5.02 Å². The molecule has 0 saturated heterocycles. The summed E-state index contributed by atoms with van der Waals surface area (Å²) in [5.74, 6) is -1.82. The van der Waals surface area contributed by atoms with Gasteiger partial charge >= 0.3 is 12.1 Å². The third kappa shape index (κ3) is 4.37. The molecule has 0 saturated carbocycles. The molecule has 0 amide bonds. The number of hydrogen-bond acceptors (Lipinski definition) is 4. The molecule has 144 valence electrons. The molecule has 0 radical (unpaired) electrons. The molecule has 0 fully saturated rings. The van der Waals surface area contributed by atoms with E-state index in [1.165, 1.54) is 36.4 Å². The van der Waals surface area contributed by atoms with Crippen molar-refractivity contribution >= 4 is 23.8 Å². The van der Waals surface area contributed by atoms with Crippen LogP contribution in [0.3, 0.4) is 0 Å². The lowest BCUT2D eigenvalue weighted by atomic mass is 10.2. The number of carbonyl (C=O) groups is 1. The van der Waals surface area contributed by atoms with Crippen molar-refractivity contribution in [2.45, 2.75) is 6.18 Å². The minimum Gasteiger partial charge on any atom is -0.313 e. The molecular weight excluding hydrogens is 402 g/mol. The second-order valence-corrected chi connectivity index (χ2v) is 5.89. The summed E-state index contributed by atoms with van der Waals surface area (Å²) in [6.45, 7) is 0. The Bertz CT molecular complexity index is 1010. The van der Waals surface area contributed by atoms with E-state index in [9.17, 15) is 22.4 Å². The largest absolute Gasteiger partial charge is 0.434 e. The molecule has 0 N–H and O–H groups in total. The molecule has 3 rings (SSSR count). The number of hydrogen-bond donors (Lipinski definition) is 0. The molecule has 0 aliphatic heterocycles. The van der Waals surface area contributed by atoms with Crippen molar-refractivity contribution in [3.63, 3.8) is 0 Å². The van der Waals surface area contributed by atoms with Crippen LogP contribution in [0.5, 0.6) is 0 Å². The summed E-state index contributed by atoms with van der Waals surface area (Å²) < 4.78 is 54.0. The van der Waals surface area contributed by atoms with Crippen molar-refractivity contribution in [3.8, 4) is 5.69 Å². The molecule has 0 unspecified atom stereocenters. The Morgan fingerprint density at radius 3 is 2.36 bits per heavy atom. The lowest BCUT2D eigenvalue weighted by molar-refractivity contribution is -0.143. The van der Waals surface area contributed by atoms with Crippen LogP contribution >= 0.6 is 11.6 Å². The second-order valence-electron chi connectivity index (χ2n) is 5.46. The van der Waals surface area contributed by atoms with Gasteiger partial charge in [-0.15, -0.1) is 0 Å². The fraction of sp³-hybridized carbons (Fsp3) is 0.0556. The number of rotatable bonds is 4. The molecule has 3 aromatic rings. The Morgan fingerprint density at radius 1 is 1.11 bits per heavy atom. The van der Waals surface area contributed by atoms with Gasteiger partial charge in [-0.2, -0.15) is 18.3 Å². The molecule has 2 aromatic carbocycles. The molecule has 1 aromatic heterocycles. The van der Waals surface area contributed by atoms with E-state index in [-0.39, 0.29) is 5.69 Å². The van der Waals surface area contributed by atoms with Gasteiger partial charge in [-0.3, -0.25) is 0 Å². The van der Waals surface area contributed by atoms with E-state index in [2.05, 4.69) is 15.1 Å². The number of carbonyl (C=O) groups excluding carboxylic acids is 1. The summed E-state index contributed by atoms with van der Waals surface area (Å²) in [5.41, 5.74) is -1.66. The summed E-state index contributed by atoms with van der Waals surface area (Å²) in [6, 6.07) is 10.5. The SMILES string of the molecule is O=C(O/N=C\c1ccc(F)cc1)c1cnn(-c2ccc(Cl)cc2)c1C(F)(F)F. The monoisotopic (exact) mass is 411 g/mol. The van der Waals surface area contributed by atoms with Crippen LogP contribution in [0, 0.1) is 5.82 Å². The highest BCUT2D eigenvalue weighted by atomic mass is 35.5. The third-order valence-corrected chi connectivity index (χ3v) is 3.79. The highest BCUT2D eigenvalue weighted by Gasteiger charge is 2.41. The fourth-order valence-electron chi connectivity index (χ4n) is 2.28. The number of halogens is 5. The van der Waals surface area contributed by atoms with Crippen LogP contribution in [0.4, 0.5) is 17.6 Å². The van der Waals surface area contributed by atoms with Crippen molar-refractivity contribution in [3.05, 3.63) is 82.4 Å². The lowest BCUT2D eigenvalue weighted by Gasteiger charge is -2.11. The van der Waals surface area contributed by atoms with Crippen LogP contribution in [0.15, 0.2) is 59.9 Å². The normalized spacial score (nSPS) is 11.8. The predicted molar refractivity (Wildman–Crippen MR) is 93.0 cm³/mol. The Hall–Kier alpha value is -3.20. The van der Waals surface area contributed by atoms with E-state index in [0.717, 1.165) is 24.5 Å². The van der Waals surface area contributed by atoms with Gasteiger partial charge in [-0.1, -0.05) is 28.9 Å². The first-order chi connectivity index (χ1) is 13.3. The molecule has 10 heteroatoms. The standard InChI is InChI=1S/C18H10ClF4N3O2/c19-12-3-7-14(8-4-12)26-16(18(21,22)23)15(10-24-26)17(27)28-25-9-11-1-5-13(20)6-2-11/h1-10H/b25-9-. The van der Waals surface area contributed by atoms with Gasteiger partial charge in [0.15, 0.2) is 5.69 Å². The maximum Gasteiger partial charge on any atom is 0.434 e. The molecule has 5 nitrogen and oxygen atoms in total. The molecule has 0 bridgehead atoms. The lowest BCUT2D eigenvalue weighted by Crippen LogP contribution is -2.18. The first-order valence-electron chi connectivity index (χ1n) is 7.67. The van der Waals surface area contributed by atoms with Gasteiger partial charge in [0.25, 0.3) is 0 Å². The second kappa shape index (κ2) is 7.81. The number of alkyl halides is 3. The zero-order valence-electron chi connectivity index (χ0n) is 13.8. The van der Waals surface area contributed by atoms with E-state index in [4.69, 9.17) is 11.6 Å². The predicted octanol–water partition coefficient (Wildman–Crippen LogP) is 4.87. The van der Waals surface area contributed by atoms with E-state index < -0.39 is 29.2 Å². The summed E-state index contributed by atoms with van der Waals surface area (Å²) in [7, 11) is 0. The summed E-state index contributed by atoms with van der Waals surface area (Å²) >= 11 is 5.74. The van der Waals surface area contributed by atoms with Gasteiger partial charge in [0.2, 0.25) is 0 Å². The van der Waals surface area contributed by atoms with Gasteiger partial charge in [0.05, 0.1) is 18.1 Å². The van der Waals surface area contributed by atoms with E-state index >= 15 is 0 Å². The summed E-state index contributed by atoms with van der Waals surface area (Å²) in [5, 5.41) is 7.32. The summed E-state index contributed by atoms with van der Waals surface area (Å²) in [4.78, 5) is 16.6. The molecule has 0 aliphatic carbocycles. The van der Waals surface area contributed by atoms with Crippen LogP contribution in [0.25, 0.3) is 5.69 Å². The van der Waals surface area contributed by atoms with Crippen molar-refractivity contribution in [1.29, 1.82) is 0 Å². The van der Waals surface area contributed by atoms with Gasteiger partial charge < -0.3 is 4.84 Å². The smallest absolute Gasteiger partial charge is 0.313 e. The van der Waals surface area contributed by atoms with Crippen LogP contribution in [0.2, 0.25) is 5.02 Å². The Labute approximate surface area is 160 Å². The average molecular weight is 412 g/mol. The van der Waals surface area contributed by atoms with Crippen LogP contribution in [0.1, 0.15) is 21.6 Å². The first kappa shape index (κ1) is 19.6. The van der Waals surface area contributed by atoms with Crippen molar-refractivity contribution < 1.29 is 27.2 Å². The van der Waals surface area contributed by atoms with E-state index in [0.29, 0.717) is 15.3 Å². The molecule has 28 heavy (non-hydrogen) atoms. The molecule has 0 atom stereocenters. The Kier molecular flexibility index (Phi) is 5.46. The quantitative estimate of drug-likeness (QED) is 0.266. The maximum atomic E-state index is 13.5. The van der Waals surface area contributed by atoms with Gasteiger partial charge in [-0.05, 0) is 42.0 Å². The van der Waals surface area contributed by atoms with Crippen molar-refractivity contribution in [2.24, 2.45) is 5.16 Å².